The number of fused-ring (bicyclic) bond motifs is 1. The van der Waals surface area contributed by atoms with Crippen molar-refractivity contribution in [1.82, 2.24) is 14.5 Å². The quantitative estimate of drug-likeness (QED) is 0.868. The number of carbonyl (C=O) groups excluding carboxylic acids is 1. The number of aliphatic hydroxyl groups is 1. The lowest BCUT2D eigenvalue weighted by atomic mass is 10.0. The average molecular weight is 265 g/mol. The van der Waals surface area contributed by atoms with Gasteiger partial charge in [0, 0.05) is 18.8 Å². The number of nitrogens with zero attached hydrogens (tertiary/aromatic N) is 3. The number of aliphatic hydroxyl groups excluding tert-OH is 1. The van der Waals surface area contributed by atoms with E-state index in [0.717, 1.165) is 50.2 Å². The highest BCUT2D eigenvalue weighted by molar-refractivity contribution is 5.76. The van der Waals surface area contributed by atoms with Crippen LogP contribution in [0, 0.1) is 0 Å². The van der Waals surface area contributed by atoms with Crippen LogP contribution < -0.4 is 0 Å². The number of hydrogen-bond donors (Lipinski definition) is 1. The molecule has 0 aromatic carbocycles. The van der Waals surface area contributed by atoms with E-state index in [2.05, 4.69) is 4.98 Å². The van der Waals surface area contributed by atoms with Gasteiger partial charge in [0.25, 0.3) is 0 Å². The molecule has 1 heterocycles. The molecule has 19 heavy (non-hydrogen) atoms. The second kappa shape index (κ2) is 6.19. The number of likely N-dealkylation sites (N-methyl/N-ethyl adjacent to an activating group) is 1. The smallest absolute Gasteiger partial charge is 0.242 e. The van der Waals surface area contributed by atoms with Gasteiger partial charge in [0.15, 0.2) is 0 Å². The summed E-state index contributed by atoms with van der Waals surface area (Å²) in [5.74, 6) is 0.734. The largest absolute Gasteiger partial charge is 0.388 e. The molecule has 2 rings (SSSR count). The zero-order valence-corrected chi connectivity index (χ0v) is 11.9. The maximum Gasteiger partial charge on any atom is 0.242 e. The first-order chi connectivity index (χ1) is 9.21. The van der Waals surface area contributed by atoms with Crippen molar-refractivity contribution in [2.75, 3.05) is 13.1 Å². The third-order valence-electron chi connectivity index (χ3n) is 3.86. The number of imidazole rings is 1. The molecule has 1 aliphatic rings. The molecule has 0 spiro atoms. The molecule has 0 fully saturated rings. The van der Waals surface area contributed by atoms with Crippen LogP contribution in [-0.4, -0.2) is 38.6 Å². The number of aryl methyl sites for hydroxylation is 1. The summed E-state index contributed by atoms with van der Waals surface area (Å²) >= 11 is 0. The van der Waals surface area contributed by atoms with Crippen molar-refractivity contribution in [3.8, 4) is 0 Å². The van der Waals surface area contributed by atoms with Crippen LogP contribution in [0.15, 0.2) is 0 Å². The summed E-state index contributed by atoms with van der Waals surface area (Å²) in [4.78, 5) is 18.5. The van der Waals surface area contributed by atoms with E-state index in [4.69, 9.17) is 0 Å². The molecule has 1 aliphatic carbocycles. The number of amides is 1. The van der Waals surface area contributed by atoms with Gasteiger partial charge in [-0.25, -0.2) is 4.98 Å². The van der Waals surface area contributed by atoms with E-state index >= 15 is 0 Å². The highest BCUT2D eigenvalue weighted by Crippen LogP contribution is 2.22. The Bertz CT molecular complexity index is 450. The lowest BCUT2D eigenvalue weighted by molar-refractivity contribution is -0.131. The molecule has 1 N–H and O–H groups in total. The van der Waals surface area contributed by atoms with Gasteiger partial charge in [0.2, 0.25) is 5.91 Å². The Morgan fingerprint density at radius 1 is 1.32 bits per heavy atom. The van der Waals surface area contributed by atoms with Crippen molar-refractivity contribution in [2.24, 2.45) is 0 Å². The first-order valence-electron chi connectivity index (χ1n) is 7.17. The highest BCUT2D eigenvalue weighted by atomic mass is 16.3. The molecule has 0 aliphatic heterocycles. The second-order valence-electron chi connectivity index (χ2n) is 4.94. The Kier molecular flexibility index (Phi) is 4.58. The van der Waals surface area contributed by atoms with Gasteiger partial charge in [-0.3, -0.25) is 4.79 Å². The Hall–Kier alpha value is -1.36. The molecule has 5 heteroatoms. The predicted octanol–water partition coefficient (Wildman–Crippen LogP) is 1.12. The van der Waals surface area contributed by atoms with Gasteiger partial charge in [-0.1, -0.05) is 0 Å². The first kappa shape index (κ1) is 14.1. The van der Waals surface area contributed by atoms with Crippen LogP contribution in [0.5, 0.6) is 0 Å². The summed E-state index contributed by atoms with van der Waals surface area (Å²) in [6, 6.07) is 0. The first-order valence-corrected chi connectivity index (χ1v) is 7.17. The maximum atomic E-state index is 12.2. The molecular weight excluding hydrogens is 242 g/mol. The molecular formula is C14H23N3O2. The number of aromatic nitrogens is 2. The zero-order chi connectivity index (χ0) is 13.8. The Labute approximate surface area is 114 Å². The summed E-state index contributed by atoms with van der Waals surface area (Å²) in [7, 11) is 0. The van der Waals surface area contributed by atoms with Crippen LogP contribution in [0.25, 0.3) is 0 Å². The molecule has 106 valence electrons. The van der Waals surface area contributed by atoms with E-state index in [-0.39, 0.29) is 12.5 Å². The van der Waals surface area contributed by atoms with E-state index < -0.39 is 0 Å². The van der Waals surface area contributed by atoms with Crippen LogP contribution in [0.2, 0.25) is 0 Å². The standard InChI is InChI=1S/C14H23N3O2/c1-3-16(4-2)14(19)9-17-12-8-6-5-7-11(12)15-13(17)10-18/h18H,3-10H2,1-2H3. The fourth-order valence-electron chi connectivity index (χ4n) is 2.78. The van der Waals surface area contributed by atoms with Gasteiger partial charge in [0.05, 0.1) is 5.69 Å². The summed E-state index contributed by atoms with van der Waals surface area (Å²) in [5.41, 5.74) is 2.22. The number of rotatable bonds is 5. The molecule has 0 saturated heterocycles. The molecule has 1 aromatic rings. The normalized spacial score (nSPS) is 14.3. The van der Waals surface area contributed by atoms with Crippen molar-refractivity contribution in [2.45, 2.75) is 52.7 Å². The van der Waals surface area contributed by atoms with Crippen LogP contribution in [0.4, 0.5) is 0 Å². The van der Waals surface area contributed by atoms with Crippen molar-refractivity contribution >= 4 is 5.91 Å². The van der Waals surface area contributed by atoms with Gasteiger partial charge in [-0.2, -0.15) is 0 Å². The third-order valence-corrected chi connectivity index (χ3v) is 3.86. The lowest BCUT2D eigenvalue weighted by Gasteiger charge is -2.21. The topological polar surface area (TPSA) is 58.4 Å². The van der Waals surface area contributed by atoms with Gasteiger partial charge < -0.3 is 14.6 Å². The molecule has 0 saturated carbocycles. The van der Waals surface area contributed by atoms with Crippen LogP contribution >= 0.6 is 0 Å². The highest BCUT2D eigenvalue weighted by Gasteiger charge is 2.22. The van der Waals surface area contributed by atoms with Crippen molar-refractivity contribution < 1.29 is 9.90 Å². The van der Waals surface area contributed by atoms with Gasteiger partial charge in [-0.15, -0.1) is 0 Å². The van der Waals surface area contributed by atoms with E-state index in [9.17, 15) is 9.90 Å². The van der Waals surface area contributed by atoms with Crippen LogP contribution in [-0.2, 0) is 30.8 Å². The summed E-state index contributed by atoms with van der Waals surface area (Å²) in [6.07, 6.45) is 4.23. The number of hydrogen-bond acceptors (Lipinski definition) is 3. The summed E-state index contributed by atoms with van der Waals surface area (Å²) in [6.45, 7) is 5.62. The Morgan fingerprint density at radius 2 is 2.00 bits per heavy atom. The molecule has 1 amide bonds. The fraction of sp³-hybridized carbons (Fsp3) is 0.714. The van der Waals surface area contributed by atoms with Gasteiger partial charge in [0.1, 0.15) is 19.0 Å². The Morgan fingerprint density at radius 3 is 2.63 bits per heavy atom. The second-order valence-corrected chi connectivity index (χ2v) is 4.94. The van der Waals surface area contributed by atoms with Crippen LogP contribution in [0.1, 0.15) is 43.9 Å². The molecule has 0 unspecified atom stereocenters. The Balaban J connectivity index is 2.23. The minimum absolute atomic E-state index is 0.0987. The van der Waals surface area contributed by atoms with Crippen molar-refractivity contribution in [3.63, 3.8) is 0 Å². The molecule has 0 atom stereocenters. The van der Waals surface area contributed by atoms with Crippen LogP contribution in [0.3, 0.4) is 0 Å². The molecule has 1 aromatic heterocycles. The SMILES string of the molecule is CCN(CC)C(=O)Cn1c(CO)nc2c1CCCC2. The maximum absolute atomic E-state index is 12.2. The average Bonchev–Trinajstić information content (AvgIpc) is 2.78. The van der Waals surface area contributed by atoms with E-state index in [1.54, 1.807) is 0 Å². The predicted molar refractivity (Wildman–Crippen MR) is 72.7 cm³/mol. The van der Waals surface area contributed by atoms with E-state index in [1.807, 2.05) is 23.3 Å². The fourth-order valence-corrected chi connectivity index (χ4v) is 2.78. The van der Waals surface area contributed by atoms with E-state index in [1.165, 1.54) is 0 Å². The number of carbonyl (C=O) groups is 1. The minimum atomic E-state index is -0.0987. The lowest BCUT2D eigenvalue weighted by Crippen LogP contribution is -2.34. The van der Waals surface area contributed by atoms with Crippen molar-refractivity contribution in [1.29, 1.82) is 0 Å². The zero-order valence-electron chi connectivity index (χ0n) is 11.9. The minimum Gasteiger partial charge on any atom is -0.388 e. The third kappa shape index (κ3) is 2.81. The molecule has 0 bridgehead atoms. The summed E-state index contributed by atoms with van der Waals surface area (Å²) in [5, 5.41) is 9.43. The van der Waals surface area contributed by atoms with Gasteiger partial charge in [-0.05, 0) is 39.5 Å². The molecule has 0 radical (unpaired) electrons. The molecule has 5 nitrogen and oxygen atoms in total. The summed E-state index contributed by atoms with van der Waals surface area (Å²) < 4.78 is 1.93. The van der Waals surface area contributed by atoms with Gasteiger partial charge >= 0.3 is 0 Å². The van der Waals surface area contributed by atoms with E-state index in [0.29, 0.717) is 12.4 Å². The van der Waals surface area contributed by atoms with Crippen molar-refractivity contribution in [3.05, 3.63) is 17.2 Å². The monoisotopic (exact) mass is 265 g/mol.